The van der Waals surface area contributed by atoms with Gasteiger partial charge in [0.15, 0.2) is 0 Å². The van der Waals surface area contributed by atoms with Crippen LogP contribution in [0.2, 0.25) is 0 Å². The Labute approximate surface area is 99.0 Å². The molecule has 1 aromatic rings. The van der Waals surface area contributed by atoms with Gasteiger partial charge in [-0.1, -0.05) is 6.07 Å². The summed E-state index contributed by atoms with van der Waals surface area (Å²) in [6, 6.07) is 3.75. The van der Waals surface area contributed by atoms with Crippen LogP contribution in [-0.2, 0) is 6.54 Å². The molecule has 0 bridgehead atoms. The first-order valence-corrected chi connectivity index (χ1v) is 5.94. The average Bonchev–Trinajstić information content (AvgIpc) is 2.70. The molecule has 1 heterocycles. The summed E-state index contributed by atoms with van der Waals surface area (Å²) in [4.78, 5) is 2.16. The normalized spacial score (nSPS) is 21.6. The van der Waals surface area contributed by atoms with E-state index in [0.717, 1.165) is 25.6 Å². The van der Waals surface area contributed by atoms with Crippen molar-refractivity contribution in [2.45, 2.75) is 13.0 Å². The lowest BCUT2D eigenvalue weighted by Gasteiger charge is -2.15. The zero-order valence-electron chi connectivity index (χ0n) is 8.93. The first-order chi connectivity index (χ1) is 7.69. The van der Waals surface area contributed by atoms with Gasteiger partial charge in [-0.3, -0.25) is 4.90 Å². The Morgan fingerprint density at radius 1 is 1.38 bits per heavy atom. The molecule has 0 N–H and O–H groups in total. The van der Waals surface area contributed by atoms with Crippen LogP contribution in [0.15, 0.2) is 18.2 Å². The molecule has 1 aromatic carbocycles. The number of benzene rings is 1. The molecule has 1 saturated heterocycles. The Bertz CT molecular complexity index is 370. The molecule has 1 aliphatic rings. The highest BCUT2D eigenvalue weighted by Crippen LogP contribution is 2.20. The lowest BCUT2D eigenvalue weighted by molar-refractivity contribution is 0.315. The summed E-state index contributed by atoms with van der Waals surface area (Å²) in [5, 5.41) is 0. The van der Waals surface area contributed by atoms with Gasteiger partial charge in [0, 0.05) is 30.6 Å². The monoisotopic (exact) mass is 245 g/mol. The molecule has 88 valence electrons. The summed E-state index contributed by atoms with van der Waals surface area (Å²) in [5.41, 5.74) is 0.552. The fourth-order valence-corrected chi connectivity index (χ4v) is 2.33. The highest BCUT2D eigenvalue weighted by Gasteiger charge is 2.22. The first kappa shape index (κ1) is 11.8. The summed E-state index contributed by atoms with van der Waals surface area (Å²) in [6.07, 6.45) is 1.06. The molecular formula is C12H14ClF2N. The van der Waals surface area contributed by atoms with Crippen molar-refractivity contribution in [3.8, 4) is 0 Å². The molecule has 0 aromatic heterocycles. The standard InChI is InChI=1S/C12H14ClF2N/c13-6-9-3-4-16(7-9)8-10-1-2-11(14)5-12(10)15/h1-2,5,9H,3-4,6-8H2. The van der Waals surface area contributed by atoms with Crippen molar-refractivity contribution in [3.63, 3.8) is 0 Å². The van der Waals surface area contributed by atoms with Gasteiger partial charge in [0.1, 0.15) is 11.6 Å². The predicted octanol–water partition coefficient (Wildman–Crippen LogP) is 3.03. The maximum atomic E-state index is 13.4. The third-order valence-electron chi connectivity index (χ3n) is 3.00. The van der Waals surface area contributed by atoms with Gasteiger partial charge < -0.3 is 0 Å². The fourth-order valence-electron chi connectivity index (χ4n) is 2.07. The lowest BCUT2D eigenvalue weighted by Crippen LogP contribution is -2.21. The van der Waals surface area contributed by atoms with E-state index in [-0.39, 0.29) is 0 Å². The van der Waals surface area contributed by atoms with E-state index in [2.05, 4.69) is 4.90 Å². The Hall–Kier alpha value is -0.670. The van der Waals surface area contributed by atoms with Crippen LogP contribution in [0.1, 0.15) is 12.0 Å². The number of alkyl halides is 1. The van der Waals surface area contributed by atoms with Crippen molar-refractivity contribution >= 4 is 11.6 Å². The Kier molecular flexibility index (Phi) is 3.77. The fraction of sp³-hybridized carbons (Fsp3) is 0.500. The topological polar surface area (TPSA) is 3.24 Å². The molecule has 1 nitrogen and oxygen atoms in total. The van der Waals surface area contributed by atoms with Crippen LogP contribution >= 0.6 is 11.6 Å². The van der Waals surface area contributed by atoms with Gasteiger partial charge in [-0.2, -0.15) is 0 Å². The zero-order chi connectivity index (χ0) is 11.5. The van der Waals surface area contributed by atoms with Crippen molar-refractivity contribution in [3.05, 3.63) is 35.4 Å². The summed E-state index contributed by atoms with van der Waals surface area (Å²) in [6.45, 7) is 2.38. The maximum Gasteiger partial charge on any atom is 0.130 e. The van der Waals surface area contributed by atoms with Crippen LogP contribution in [0.4, 0.5) is 8.78 Å². The summed E-state index contributed by atoms with van der Waals surface area (Å²) in [7, 11) is 0. The first-order valence-electron chi connectivity index (χ1n) is 5.41. The van der Waals surface area contributed by atoms with Gasteiger partial charge in [-0.25, -0.2) is 8.78 Å². The second-order valence-corrected chi connectivity index (χ2v) is 4.59. The molecular weight excluding hydrogens is 232 g/mol. The number of halogens is 3. The molecule has 2 rings (SSSR count). The predicted molar refractivity (Wildman–Crippen MR) is 60.5 cm³/mol. The largest absolute Gasteiger partial charge is 0.299 e. The van der Waals surface area contributed by atoms with E-state index in [9.17, 15) is 8.78 Å². The summed E-state index contributed by atoms with van der Waals surface area (Å²) in [5.74, 6) is 0.170. The molecule has 1 fully saturated rings. The molecule has 0 spiro atoms. The number of likely N-dealkylation sites (tertiary alicyclic amines) is 1. The Morgan fingerprint density at radius 2 is 2.19 bits per heavy atom. The second-order valence-electron chi connectivity index (χ2n) is 4.28. The highest BCUT2D eigenvalue weighted by molar-refractivity contribution is 6.18. The smallest absolute Gasteiger partial charge is 0.130 e. The zero-order valence-corrected chi connectivity index (χ0v) is 9.68. The van der Waals surface area contributed by atoms with Gasteiger partial charge in [0.2, 0.25) is 0 Å². The summed E-state index contributed by atoms with van der Waals surface area (Å²) < 4.78 is 26.1. The van der Waals surface area contributed by atoms with Gasteiger partial charge in [0.25, 0.3) is 0 Å². The van der Waals surface area contributed by atoms with E-state index >= 15 is 0 Å². The van der Waals surface area contributed by atoms with Crippen LogP contribution in [0.25, 0.3) is 0 Å². The summed E-state index contributed by atoms with van der Waals surface area (Å²) >= 11 is 5.78. The van der Waals surface area contributed by atoms with Gasteiger partial charge >= 0.3 is 0 Å². The highest BCUT2D eigenvalue weighted by atomic mass is 35.5. The number of hydrogen-bond donors (Lipinski definition) is 0. The second kappa shape index (κ2) is 5.11. The van der Waals surface area contributed by atoms with Crippen molar-refractivity contribution in [2.75, 3.05) is 19.0 Å². The number of hydrogen-bond acceptors (Lipinski definition) is 1. The van der Waals surface area contributed by atoms with Gasteiger partial charge in [0.05, 0.1) is 0 Å². The van der Waals surface area contributed by atoms with Crippen molar-refractivity contribution < 1.29 is 8.78 Å². The van der Waals surface area contributed by atoms with E-state index in [1.165, 1.54) is 12.1 Å². The van der Waals surface area contributed by atoms with Gasteiger partial charge in [-0.05, 0) is 24.9 Å². The molecule has 0 aliphatic carbocycles. The lowest BCUT2D eigenvalue weighted by atomic mass is 10.1. The van der Waals surface area contributed by atoms with Crippen LogP contribution in [0, 0.1) is 17.6 Å². The molecule has 1 aliphatic heterocycles. The molecule has 0 radical (unpaired) electrons. The van der Waals surface area contributed by atoms with Crippen LogP contribution < -0.4 is 0 Å². The maximum absolute atomic E-state index is 13.4. The molecule has 16 heavy (non-hydrogen) atoms. The third-order valence-corrected chi connectivity index (χ3v) is 3.43. The third kappa shape index (κ3) is 2.71. The minimum atomic E-state index is -0.527. The van der Waals surface area contributed by atoms with Crippen LogP contribution in [0.5, 0.6) is 0 Å². The SMILES string of the molecule is Fc1ccc(CN2CCC(CCl)C2)c(F)c1. The minimum absolute atomic E-state index is 0.464. The van der Waals surface area contributed by atoms with Crippen molar-refractivity contribution in [2.24, 2.45) is 5.92 Å². The molecule has 1 unspecified atom stereocenters. The Morgan fingerprint density at radius 3 is 2.81 bits per heavy atom. The number of rotatable bonds is 3. The average molecular weight is 246 g/mol. The van der Waals surface area contributed by atoms with Crippen LogP contribution in [0.3, 0.4) is 0 Å². The Balaban J connectivity index is 1.99. The quantitative estimate of drug-likeness (QED) is 0.740. The molecule has 0 saturated carbocycles. The van der Waals surface area contributed by atoms with E-state index < -0.39 is 11.6 Å². The van der Waals surface area contributed by atoms with E-state index in [1.54, 1.807) is 0 Å². The van der Waals surface area contributed by atoms with Gasteiger partial charge in [-0.15, -0.1) is 11.6 Å². The van der Waals surface area contributed by atoms with E-state index in [4.69, 9.17) is 11.6 Å². The molecule has 4 heteroatoms. The van der Waals surface area contributed by atoms with Crippen molar-refractivity contribution in [1.29, 1.82) is 0 Å². The van der Waals surface area contributed by atoms with E-state index in [0.29, 0.717) is 23.9 Å². The van der Waals surface area contributed by atoms with E-state index in [1.807, 2.05) is 0 Å². The number of nitrogens with zero attached hydrogens (tertiary/aromatic N) is 1. The molecule has 1 atom stereocenters. The van der Waals surface area contributed by atoms with Crippen molar-refractivity contribution in [1.82, 2.24) is 4.90 Å². The minimum Gasteiger partial charge on any atom is -0.299 e. The molecule has 0 amide bonds. The van der Waals surface area contributed by atoms with Crippen LogP contribution in [-0.4, -0.2) is 23.9 Å².